The van der Waals surface area contributed by atoms with Crippen molar-refractivity contribution in [1.82, 2.24) is 30.8 Å². The summed E-state index contributed by atoms with van der Waals surface area (Å²) < 4.78 is 0. The molecule has 3 aromatic rings. The lowest BCUT2D eigenvalue weighted by Gasteiger charge is -2.22. The Balaban J connectivity index is 1.44. The number of benzene rings is 1. The molecule has 1 fully saturated rings. The maximum absolute atomic E-state index is 13.5. The maximum atomic E-state index is 13.5. The van der Waals surface area contributed by atoms with Gasteiger partial charge in [-0.05, 0) is 49.9 Å². The number of hydrogen-bond acceptors (Lipinski definition) is 8. The molecule has 1 aliphatic rings. The number of guanidine groups is 1. The lowest BCUT2D eigenvalue weighted by Crippen LogP contribution is -2.45. The van der Waals surface area contributed by atoms with Gasteiger partial charge in [-0.1, -0.05) is 17.7 Å². The lowest BCUT2D eigenvalue weighted by atomic mass is 10.1. The quantitative estimate of drug-likeness (QED) is 0.118. The lowest BCUT2D eigenvalue weighted by molar-refractivity contribution is -0.122. The molecule has 1 aliphatic heterocycles. The molecule has 12 nitrogen and oxygen atoms in total. The Kier molecular flexibility index (Phi) is 9.50. The largest absolute Gasteiger partial charge is 0.370 e. The van der Waals surface area contributed by atoms with Crippen molar-refractivity contribution in [3.8, 4) is 0 Å². The van der Waals surface area contributed by atoms with E-state index in [4.69, 9.17) is 28.5 Å². The first-order valence-electron chi connectivity index (χ1n) is 12.8. The summed E-state index contributed by atoms with van der Waals surface area (Å²) in [4.78, 5) is 49.5. The number of nitrogens with one attached hydrogen (secondary N) is 4. The Bertz CT molecular complexity index is 1420. The van der Waals surface area contributed by atoms with Gasteiger partial charge in [-0.25, -0.2) is 9.97 Å². The Labute approximate surface area is 240 Å². The topological polar surface area (TPSA) is 192 Å². The number of nitrogens with two attached hydrogens (primary N) is 2. The first kappa shape index (κ1) is 29.2. The second-order valence-electron chi connectivity index (χ2n) is 9.55. The molecule has 3 atom stereocenters. The highest BCUT2D eigenvalue weighted by molar-refractivity contribution is 7.09. The zero-order chi connectivity index (χ0) is 28.8. The third-order valence-electron chi connectivity index (χ3n) is 6.61. The fourth-order valence-corrected chi connectivity index (χ4v) is 5.71. The minimum Gasteiger partial charge on any atom is -0.370 e. The van der Waals surface area contributed by atoms with Crippen molar-refractivity contribution < 1.29 is 14.4 Å². The number of nitrogens with zero attached hydrogens (tertiary/aromatic N) is 3. The Morgan fingerprint density at radius 1 is 1.20 bits per heavy atom. The first-order valence-corrected chi connectivity index (χ1v) is 14.1. The van der Waals surface area contributed by atoms with Crippen molar-refractivity contribution in [1.29, 1.82) is 5.41 Å². The van der Waals surface area contributed by atoms with Gasteiger partial charge in [0.05, 0.1) is 11.6 Å². The number of halogens is 1. The van der Waals surface area contributed by atoms with E-state index in [1.807, 2.05) is 0 Å². The van der Waals surface area contributed by atoms with Crippen LogP contribution in [0.15, 0.2) is 35.7 Å². The number of hydrogen-bond donors (Lipinski definition) is 6. The summed E-state index contributed by atoms with van der Waals surface area (Å²) >= 11 is 7.33. The summed E-state index contributed by atoms with van der Waals surface area (Å²) in [7, 11) is 1.51. The summed E-state index contributed by atoms with van der Waals surface area (Å²) in [5, 5.41) is 18.9. The van der Waals surface area contributed by atoms with Crippen LogP contribution in [0.25, 0.3) is 10.9 Å². The summed E-state index contributed by atoms with van der Waals surface area (Å²) in [6, 6.07) is 7.36. The van der Waals surface area contributed by atoms with E-state index in [2.05, 4.69) is 25.9 Å². The molecule has 14 heteroatoms. The van der Waals surface area contributed by atoms with Crippen LogP contribution in [-0.2, 0) is 4.79 Å². The van der Waals surface area contributed by atoms with Crippen molar-refractivity contribution in [3.05, 3.63) is 57.1 Å². The van der Waals surface area contributed by atoms with Gasteiger partial charge in [-0.2, -0.15) is 0 Å². The predicted octanol–water partition coefficient (Wildman–Crippen LogP) is 1.76. The van der Waals surface area contributed by atoms with E-state index < -0.39 is 18.0 Å². The number of likely N-dealkylation sites (N-methyl/N-ethyl adjacent to an activating group) is 1. The fourth-order valence-electron chi connectivity index (χ4n) is 4.61. The molecule has 0 radical (unpaired) electrons. The van der Waals surface area contributed by atoms with Crippen LogP contribution >= 0.6 is 22.9 Å². The standard InChI is InChI=1S/C26H32ClN9O3S/c1-31-22(37)18(4-2-3-9-32-26(29)30)34-23(38)20-13-40-24(35-20)21-11-16(28)12-36(21)25(39)19-7-5-14-10-15(27)6-8-17(14)33-19/h5-8,10,13,16,18,21H,2-4,9,11-12,28H2,1H3,(H,31,37)(H,34,38)(H4,29,30,32)/t16-,18?,21+/m1/s1. The van der Waals surface area contributed by atoms with Crippen molar-refractivity contribution in [2.75, 3.05) is 20.1 Å². The summed E-state index contributed by atoms with van der Waals surface area (Å²) in [5.41, 5.74) is 12.6. The minimum absolute atomic E-state index is 0.113. The molecule has 4 rings (SSSR count). The van der Waals surface area contributed by atoms with E-state index in [1.54, 1.807) is 40.6 Å². The van der Waals surface area contributed by atoms with Crippen molar-refractivity contribution in [3.63, 3.8) is 0 Å². The molecule has 212 valence electrons. The van der Waals surface area contributed by atoms with E-state index in [1.165, 1.54) is 18.4 Å². The molecule has 0 spiro atoms. The maximum Gasteiger partial charge on any atom is 0.273 e. The summed E-state index contributed by atoms with van der Waals surface area (Å²) in [6.45, 7) is 0.836. The number of likely N-dealkylation sites (tertiary alicyclic amines) is 1. The minimum atomic E-state index is -0.744. The number of fused-ring (bicyclic) bond motifs is 1. The number of unbranched alkanes of at least 4 members (excludes halogenated alkanes) is 1. The van der Waals surface area contributed by atoms with Gasteiger partial charge in [-0.3, -0.25) is 19.8 Å². The van der Waals surface area contributed by atoms with Gasteiger partial charge in [-0.15, -0.1) is 11.3 Å². The second-order valence-corrected chi connectivity index (χ2v) is 10.9. The zero-order valence-corrected chi connectivity index (χ0v) is 23.5. The van der Waals surface area contributed by atoms with Crippen LogP contribution < -0.4 is 27.4 Å². The third-order valence-corrected chi connectivity index (χ3v) is 7.79. The second kappa shape index (κ2) is 13.0. The normalized spacial score (nSPS) is 17.4. The van der Waals surface area contributed by atoms with Gasteiger partial charge in [0, 0.05) is 42.0 Å². The highest BCUT2D eigenvalue weighted by Crippen LogP contribution is 2.34. The van der Waals surface area contributed by atoms with Crippen molar-refractivity contribution in [2.45, 2.75) is 43.8 Å². The number of carbonyl (C=O) groups is 3. The molecule has 8 N–H and O–H groups in total. The Morgan fingerprint density at radius 2 is 2.00 bits per heavy atom. The van der Waals surface area contributed by atoms with E-state index >= 15 is 0 Å². The molecule has 0 saturated carbocycles. The highest BCUT2D eigenvalue weighted by Gasteiger charge is 2.37. The average Bonchev–Trinajstić information content (AvgIpc) is 3.58. The molecule has 0 bridgehead atoms. The van der Waals surface area contributed by atoms with Crippen LogP contribution in [0, 0.1) is 5.41 Å². The van der Waals surface area contributed by atoms with Crippen molar-refractivity contribution >= 4 is 57.5 Å². The fraction of sp³-hybridized carbons (Fsp3) is 0.385. The van der Waals surface area contributed by atoms with Crippen LogP contribution in [0.1, 0.15) is 57.7 Å². The average molecular weight is 586 g/mol. The van der Waals surface area contributed by atoms with E-state index in [0.29, 0.717) is 54.3 Å². The predicted molar refractivity (Wildman–Crippen MR) is 154 cm³/mol. The van der Waals surface area contributed by atoms with Crippen LogP contribution in [0.2, 0.25) is 5.02 Å². The molecule has 40 heavy (non-hydrogen) atoms. The monoisotopic (exact) mass is 585 g/mol. The summed E-state index contributed by atoms with van der Waals surface area (Å²) in [6.07, 6.45) is 2.22. The third kappa shape index (κ3) is 7.03. The number of carbonyl (C=O) groups excluding carboxylic acids is 3. The van der Waals surface area contributed by atoms with Crippen LogP contribution in [0.5, 0.6) is 0 Å². The van der Waals surface area contributed by atoms with Crippen molar-refractivity contribution in [2.24, 2.45) is 11.5 Å². The van der Waals surface area contributed by atoms with Gasteiger partial charge < -0.3 is 32.3 Å². The number of pyridine rings is 1. The number of aromatic nitrogens is 2. The molecular weight excluding hydrogens is 554 g/mol. The SMILES string of the molecule is CNC(=O)C(CCCCNC(=N)N)NC(=O)c1csc([C@@H]2C[C@@H](N)CN2C(=O)c2ccc3cc(Cl)ccc3n2)n1. The Morgan fingerprint density at radius 3 is 2.75 bits per heavy atom. The number of thiazole rings is 1. The van der Waals surface area contributed by atoms with Crippen LogP contribution in [-0.4, -0.2) is 70.8 Å². The van der Waals surface area contributed by atoms with Gasteiger partial charge in [0.1, 0.15) is 22.4 Å². The summed E-state index contributed by atoms with van der Waals surface area (Å²) in [5.74, 6) is -1.17. The zero-order valence-electron chi connectivity index (χ0n) is 21.9. The first-order chi connectivity index (χ1) is 19.2. The molecule has 3 heterocycles. The smallest absolute Gasteiger partial charge is 0.273 e. The van der Waals surface area contributed by atoms with Gasteiger partial charge in [0.2, 0.25) is 5.91 Å². The van der Waals surface area contributed by atoms with Crippen LogP contribution in [0.3, 0.4) is 0 Å². The van der Waals surface area contributed by atoms with Gasteiger partial charge >= 0.3 is 0 Å². The Hall–Kier alpha value is -3.81. The highest BCUT2D eigenvalue weighted by atomic mass is 35.5. The number of amides is 3. The van der Waals surface area contributed by atoms with Crippen LogP contribution in [0.4, 0.5) is 0 Å². The van der Waals surface area contributed by atoms with Gasteiger partial charge in [0.15, 0.2) is 5.96 Å². The molecule has 1 saturated heterocycles. The van der Waals surface area contributed by atoms with E-state index in [0.717, 1.165) is 5.39 Å². The molecule has 1 aromatic carbocycles. The molecule has 0 aliphatic carbocycles. The number of rotatable bonds is 10. The molecule has 3 amide bonds. The molecular formula is C26H32ClN9O3S. The molecule has 1 unspecified atom stereocenters. The van der Waals surface area contributed by atoms with E-state index in [9.17, 15) is 14.4 Å². The molecule has 2 aromatic heterocycles. The van der Waals surface area contributed by atoms with Gasteiger partial charge in [0.25, 0.3) is 11.8 Å². The van der Waals surface area contributed by atoms with E-state index in [-0.39, 0.29) is 35.2 Å².